The average Bonchev–Trinajstić information content (AvgIpc) is 3.05. The summed E-state index contributed by atoms with van der Waals surface area (Å²) in [6.07, 6.45) is 2.66. The molecule has 2 rings (SSSR count). The van der Waals surface area contributed by atoms with Gasteiger partial charge in [0.05, 0.1) is 29.4 Å². The number of nitro groups is 1. The van der Waals surface area contributed by atoms with Gasteiger partial charge in [0.1, 0.15) is 17.7 Å². The Kier molecular flexibility index (Phi) is 5.21. The second kappa shape index (κ2) is 7.32. The largest absolute Gasteiger partial charge is 0.467 e. The van der Waals surface area contributed by atoms with Crippen LogP contribution in [0.15, 0.2) is 47.1 Å². The predicted octanol–water partition coefficient (Wildman–Crippen LogP) is 2.19. The van der Waals surface area contributed by atoms with Gasteiger partial charge in [0.2, 0.25) is 5.91 Å². The van der Waals surface area contributed by atoms with Crippen molar-refractivity contribution in [1.29, 1.82) is 0 Å². The highest BCUT2D eigenvalue weighted by Crippen LogP contribution is 2.21. The van der Waals surface area contributed by atoms with Gasteiger partial charge in [0, 0.05) is 6.08 Å². The summed E-state index contributed by atoms with van der Waals surface area (Å²) in [4.78, 5) is 21.7. The Bertz CT molecular complexity index is 727. The Morgan fingerprint density at radius 1 is 1.48 bits per heavy atom. The maximum Gasteiger partial charge on any atom is 0.279 e. The van der Waals surface area contributed by atoms with Gasteiger partial charge in [-0.25, -0.2) is 4.39 Å². The van der Waals surface area contributed by atoms with Crippen LogP contribution in [0.25, 0.3) is 6.08 Å². The lowest BCUT2D eigenvalue weighted by Gasteiger charge is -2.07. The van der Waals surface area contributed by atoms with Crippen LogP contribution in [0.5, 0.6) is 0 Å². The minimum absolute atomic E-state index is 0.0812. The van der Waals surface area contributed by atoms with Crippen LogP contribution < -0.4 is 5.32 Å². The second-order valence-electron chi connectivity index (χ2n) is 4.57. The van der Waals surface area contributed by atoms with Crippen molar-refractivity contribution in [2.24, 2.45) is 0 Å². The number of amides is 1. The number of hydrogen-bond donors (Lipinski definition) is 2. The molecule has 1 aromatic carbocycles. The third-order valence-corrected chi connectivity index (χ3v) is 2.94. The molecule has 0 radical (unpaired) electrons. The maximum atomic E-state index is 13.0. The lowest BCUT2D eigenvalue weighted by molar-refractivity contribution is -0.385. The van der Waals surface area contributed by atoms with Crippen LogP contribution in [-0.2, 0) is 4.79 Å². The van der Waals surface area contributed by atoms with Gasteiger partial charge < -0.3 is 14.8 Å². The number of halogens is 1. The van der Waals surface area contributed by atoms with Crippen LogP contribution in [0.3, 0.4) is 0 Å². The molecule has 0 bridgehead atoms. The van der Waals surface area contributed by atoms with E-state index in [4.69, 9.17) is 4.42 Å². The summed E-state index contributed by atoms with van der Waals surface area (Å²) in [5, 5.41) is 23.0. The number of nitro benzene ring substituents is 1. The van der Waals surface area contributed by atoms with Gasteiger partial charge in [-0.1, -0.05) is 0 Å². The molecule has 0 spiro atoms. The van der Waals surface area contributed by atoms with E-state index in [1.165, 1.54) is 18.4 Å². The molecule has 0 aliphatic carbocycles. The van der Waals surface area contributed by atoms with Crippen LogP contribution in [0.1, 0.15) is 17.4 Å². The van der Waals surface area contributed by atoms with Crippen molar-refractivity contribution >= 4 is 17.7 Å². The van der Waals surface area contributed by atoms with Gasteiger partial charge in [-0.05, 0) is 30.3 Å². The van der Waals surface area contributed by atoms with E-state index in [-0.39, 0.29) is 12.1 Å². The summed E-state index contributed by atoms with van der Waals surface area (Å²) in [5.74, 6) is -0.988. The molecule has 2 aromatic rings. The van der Waals surface area contributed by atoms with Crippen LogP contribution in [0.2, 0.25) is 0 Å². The first-order valence-electron chi connectivity index (χ1n) is 6.58. The van der Waals surface area contributed by atoms with Gasteiger partial charge in [-0.2, -0.15) is 0 Å². The van der Waals surface area contributed by atoms with Gasteiger partial charge in [-0.15, -0.1) is 0 Å². The van der Waals surface area contributed by atoms with Crippen LogP contribution in [0.4, 0.5) is 10.1 Å². The molecular formula is C15H13FN2O5. The molecule has 1 heterocycles. The molecule has 1 amide bonds. The fourth-order valence-electron chi connectivity index (χ4n) is 1.82. The van der Waals surface area contributed by atoms with Crippen molar-refractivity contribution in [3.63, 3.8) is 0 Å². The zero-order valence-electron chi connectivity index (χ0n) is 11.8. The molecule has 120 valence electrons. The Balaban J connectivity index is 1.97. The highest BCUT2D eigenvalue weighted by molar-refractivity contribution is 5.92. The van der Waals surface area contributed by atoms with Crippen LogP contribution >= 0.6 is 0 Å². The molecule has 0 saturated heterocycles. The van der Waals surface area contributed by atoms with Gasteiger partial charge in [0.15, 0.2) is 0 Å². The minimum Gasteiger partial charge on any atom is -0.467 e. The SMILES string of the molecule is O=C(/C=C/c1ccc(F)cc1[N+](=O)[O-])NCC(O)c1ccco1. The molecule has 0 fully saturated rings. The molecule has 2 N–H and O–H groups in total. The first kappa shape index (κ1) is 16.4. The fraction of sp³-hybridized carbons (Fsp3) is 0.133. The lowest BCUT2D eigenvalue weighted by Crippen LogP contribution is -2.26. The Morgan fingerprint density at radius 3 is 2.91 bits per heavy atom. The van der Waals surface area contributed by atoms with Crippen LogP contribution in [0, 0.1) is 15.9 Å². The zero-order chi connectivity index (χ0) is 16.8. The summed E-state index contributed by atoms with van der Waals surface area (Å²) < 4.78 is 18.0. The van der Waals surface area contributed by atoms with E-state index in [0.717, 1.165) is 18.2 Å². The monoisotopic (exact) mass is 320 g/mol. The number of hydrogen-bond acceptors (Lipinski definition) is 5. The predicted molar refractivity (Wildman–Crippen MR) is 78.8 cm³/mol. The van der Waals surface area contributed by atoms with Gasteiger partial charge in [0.25, 0.3) is 5.69 Å². The highest BCUT2D eigenvalue weighted by atomic mass is 19.1. The van der Waals surface area contributed by atoms with E-state index in [2.05, 4.69) is 5.32 Å². The zero-order valence-corrected chi connectivity index (χ0v) is 11.8. The Morgan fingerprint density at radius 2 is 2.26 bits per heavy atom. The van der Waals surface area contributed by atoms with E-state index in [1.54, 1.807) is 12.1 Å². The number of carbonyl (C=O) groups is 1. The third-order valence-electron chi connectivity index (χ3n) is 2.94. The molecule has 7 nitrogen and oxygen atoms in total. The molecular weight excluding hydrogens is 307 g/mol. The topological polar surface area (TPSA) is 106 Å². The smallest absolute Gasteiger partial charge is 0.279 e. The second-order valence-corrected chi connectivity index (χ2v) is 4.57. The molecule has 1 unspecified atom stereocenters. The average molecular weight is 320 g/mol. The molecule has 0 saturated carbocycles. The normalized spacial score (nSPS) is 12.3. The fourth-order valence-corrected chi connectivity index (χ4v) is 1.82. The standard InChI is InChI=1S/C15H13FN2O5/c16-11-5-3-10(12(8-11)18(21)22)4-6-15(20)17-9-13(19)14-2-1-7-23-14/h1-8,13,19H,9H2,(H,17,20)/b6-4+. The molecule has 1 aromatic heterocycles. The highest BCUT2D eigenvalue weighted by Gasteiger charge is 2.13. The number of rotatable bonds is 6. The van der Waals surface area contributed by atoms with E-state index >= 15 is 0 Å². The van der Waals surface area contributed by atoms with Crippen molar-refractivity contribution in [2.75, 3.05) is 6.54 Å². The summed E-state index contributed by atoms with van der Waals surface area (Å²) in [5.41, 5.74) is -0.345. The number of aliphatic hydroxyl groups is 1. The summed E-state index contributed by atoms with van der Waals surface area (Å²) in [7, 11) is 0. The number of nitrogens with zero attached hydrogens (tertiary/aromatic N) is 1. The summed E-state index contributed by atoms with van der Waals surface area (Å²) >= 11 is 0. The minimum atomic E-state index is -0.998. The lowest BCUT2D eigenvalue weighted by atomic mass is 10.1. The molecule has 23 heavy (non-hydrogen) atoms. The quantitative estimate of drug-likeness (QED) is 0.482. The number of carbonyl (C=O) groups excluding carboxylic acids is 1. The third kappa shape index (κ3) is 4.48. The van der Waals surface area contributed by atoms with Crippen molar-refractivity contribution in [3.05, 3.63) is 69.9 Å². The first-order valence-corrected chi connectivity index (χ1v) is 6.58. The van der Waals surface area contributed by atoms with Crippen molar-refractivity contribution in [2.45, 2.75) is 6.10 Å². The Hall–Kier alpha value is -3.00. The number of furan rings is 1. The Labute approximate surface area is 130 Å². The summed E-state index contributed by atoms with van der Waals surface area (Å²) in [6, 6.07) is 6.21. The molecule has 0 aliphatic rings. The molecule has 0 aliphatic heterocycles. The first-order chi connectivity index (χ1) is 11.0. The van der Waals surface area contributed by atoms with E-state index in [0.29, 0.717) is 5.76 Å². The van der Waals surface area contributed by atoms with Crippen molar-refractivity contribution in [3.8, 4) is 0 Å². The van der Waals surface area contributed by atoms with Crippen molar-refractivity contribution in [1.82, 2.24) is 5.32 Å². The number of aliphatic hydroxyl groups excluding tert-OH is 1. The van der Waals surface area contributed by atoms with E-state index < -0.39 is 28.4 Å². The number of benzene rings is 1. The van der Waals surface area contributed by atoms with E-state index in [1.807, 2.05) is 0 Å². The van der Waals surface area contributed by atoms with Crippen molar-refractivity contribution < 1.29 is 23.6 Å². The summed E-state index contributed by atoms with van der Waals surface area (Å²) in [6.45, 7) is -0.0812. The molecule has 8 heteroatoms. The number of nitrogens with one attached hydrogen (secondary N) is 1. The van der Waals surface area contributed by atoms with Gasteiger partial charge in [-0.3, -0.25) is 14.9 Å². The maximum absolute atomic E-state index is 13.0. The van der Waals surface area contributed by atoms with Gasteiger partial charge >= 0.3 is 0 Å². The van der Waals surface area contributed by atoms with Crippen LogP contribution in [-0.4, -0.2) is 22.5 Å². The van der Waals surface area contributed by atoms with E-state index in [9.17, 15) is 24.4 Å². The molecule has 1 atom stereocenters.